The number of hydrogen-bond donors (Lipinski definition) is 1. The lowest BCUT2D eigenvalue weighted by molar-refractivity contribution is -0.157. The van der Waals surface area contributed by atoms with E-state index in [1.54, 1.807) is 26.9 Å². The van der Waals surface area contributed by atoms with E-state index in [1.807, 2.05) is 52.0 Å². The Balaban J connectivity index is 1.83. The summed E-state index contributed by atoms with van der Waals surface area (Å²) in [4.78, 5) is 49.1. The predicted molar refractivity (Wildman–Crippen MR) is 171 cm³/mol. The molecule has 3 heterocycles. The number of amides is 3. The quantitative estimate of drug-likeness (QED) is 0.272. The average molecular weight is 610 g/mol. The minimum Gasteiger partial charge on any atom is -0.494 e. The third-order valence-corrected chi connectivity index (χ3v) is 10.1. The highest BCUT2D eigenvalue weighted by Crippen LogP contribution is 2.65. The molecule has 242 valence electrons. The van der Waals surface area contributed by atoms with E-state index in [2.05, 4.69) is 20.1 Å². The summed E-state index contributed by atoms with van der Waals surface area (Å²) in [6.45, 7) is 18.5. The van der Waals surface area contributed by atoms with Crippen molar-refractivity contribution in [2.75, 3.05) is 31.2 Å². The standard InChI is InChI=1S/C35H51N3O6/c1-8-14-24(7)36(21-9-2)33(42)30-35-20-19-34(12-5,44-35)28(29(35)32(41)38(30)25(11-4)23-39)31(40)37(22-10-3)26-15-17-27(18-16-26)43-13-6/h9-10,15-18,24-25,28-30,39H,2-3,8,11-14,19-23H2,1,4-7H3/t24?,25-,28-,29-,30?,34+,35?/m0/s1. The van der Waals surface area contributed by atoms with Crippen molar-refractivity contribution >= 4 is 23.4 Å². The van der Waals surface area contributed by atoms with Crippen LogP contribution >= 0.6 is 0 Å². The molecule has 3 fully saturated rings. The van der Waals surface area contributed by atoms with Crippen molar-refractivity contribution < 1.29 is 29.0 Å². The van der Waals surface area contributed by atoms with Gasteiger partial charge in [0.25, 0.3) is 0 Å². The minimum atomic E-state index is -1.17. The molecule has 0 radical (unpaired) electrons. The number of rotatable bonds is 16. The van der Waals surface area contributed by atoms with Gasteiger partial charge in [-0.15, -0.1) is 13.2 Å². The summed E-state index contributed by atoms with van der Waals surface area (Å²) in [5, 5.41) is 10.4. The second-order valence-electron chi connectivity index (χ2n) is 12.4. The molecule has 9 nitrogen and oxygen atoms in total. The van der Waals surface area contributed by atoms with Crippen LogP contribution in [0.5, 0.6) is 5.75 Å². The molecular weight excluding hydrogens is 558 g/mol. The van der Waals surface area contributed by atoms with Gasteiger partial charge in [-0.05, 0) is 70.2 Å². The number of aliphatic hydroxyl groups is 1. The molecular formula is C35H51N3O6. The minimum absolute atomic E-state index is 0.0778. The first kappa shape index (κ1) is 33.7. The van der Waals surface area contributed by atoms with E-state index >= 15 is 0 Å². The maximum atomic E-state index is 14.7. The van der Waals surface area contributed by atoms with Gasteiger partial charge in [-0.2, -0.15) is 0 Å². The highest BCUT2D eigenvalue weighted by Gasteiger charge is 2.79. The second-order valence-corrected chi connectivity index (χ2v) is 12.4. The van der Waals surface area contributed by atoms with Gasteiger partial charge in [0.2, 0.25) is 17.7 Å². The van der Waals surface area contributed by atoms with E-state index in [0.29, 0.717) is 50.3 Å². The van der Waals surface area contributed by atoms with Gasteiger partial charge in [0.15, 0.2) is 0 Å². The van der Waals surface area contributed by atoms with Crippen LogP contribution in [0.15, 0.2) is 49.6 Å². The lowest BCUT2D eigenvalue weighted by Gasteiger charge is -2.41. The molecule has 9 heteroatoms. The molecule has 1 aromatic carbocycles. The first-order valence-corrected chi connectivity index (χ1v) is 16.3. The monoisotopic (exact) mass is 609 g/mol. The maximum absolute atomic E-state index is 14.7. The fourth-order valence-electron chi connectivity index (χ4n) is 7.98. The van der Waals surface area contributed by atoms with Crippen LogP contribution in [0, 0.1) is 11.8 Å². The lowest BCUT2D eigenvalue weighted by Crippen LogP contribution is -2.60. The highest BCUT2D eigenvalue weighted by molar-refractivity contribution is 6.03. The van der Waals surface area contributed by atoms with Gasteiger partial charge in [0.05, 0.1) is 36.7 Å². The Bertz CT molecular complexity index is 1220. The van der Waals surface area contributed by atoms with Gasteiger partial charge >= 0.3 is 0 Å². The number of anilines is 1. The van der Waals surface area contributed by atoms with Gasteiger partial charge in [0, 0.05) is 24.8 Å². The number of ether oxygens (including phenoxy) is 2. The molecule has 1 N–H and O–H groups in total. The predicted octanol–water partition coefficient (Wildman–Crippen LogP) is 4.73. The number of carbonyl (C=O) groups excluding carboxylic acids is 3. The van der Waals surface area contributed by atoms with Gasteiger partial charge < -0.3 is 29.3 Å². The molecule has 7 atom stereocenters. The smallest absolute Gasteiger partial charge is 0.248 e. The molecule has 0 aromatic heterocycles. The highest BCUT2D eigenvalue weighted by atomic mass is 16.5. The van der Waals surface area contributed by atoms with E-state index in [1.165, 1.54) is 0 Å². The van der Waals surface area contributed by atoms with Crippen molar-refractivity contribution in [2.45, 2.75) is 102 Å². The summed E-state index contributed by atoms with van der Waals surface area (Å²) in [5.41, 5.74) is -1.38. The first-order chi connectivity index (χ1) is 21.1. The topological polar surface area (TPSA) is 99.6 Å². The fourth-order valence-corrected chi connectivity index (χ4v) is 7.98. The zero-order chi connectivity index (χ0) is 32.2. The molecule has 3 aliphatic rings. The van der Waals surface area contributed by atoms with Crippen LogP contribution in [0.2, 0.25) is 0 Å². The van der Waals surface area contributed by atoms with Crippen LogP contribution in [0.25, 0.3) is 0 Å². The summed E-state index contributed by atoms with van der Waals surface area (Å²) in [6.07, 6.45) is 7.13. The Morgan fingerprint density at radius 1 is 1.11 bits per heavy atom. The Hall–Kier alpha value is -3.17. The molecule has 1 spiro atoms. The molecule has 2 bridgehead atoms. The number of benzene rings is 1. The lowest BCUT2D eigenvalue weighted by atomic mass is 9.64. The molecule has 0 saturated carbocycles. The molecule has 1 aromatic rings. The molecule has 3 unspecified atom stereocenters. The Kier molecular flexibility index (Phi) is 10.6. The SMILES string of the molecule is C=CCN(C(=O)[C@@H]1[C@H]2C(=O)N([C@@H](CC)CO)C(C(=O)N(CC=C)C(C)CCC)C23CC[C@@]1(CC)O3)c1ccc(OCC)cc1. The molecule has 3 aliphatic heterocycles. The Labute approximate surface area is 262 Å². The number of fused-ring (bicyclic) bond motifs is 1. The van der Waals surface area contributed by atoms with E-state index in [-0.39, 0.29) is 36.9 Å². The number of hydrogen-bond acceptors (Lipinski definition) is 6. The summed E-state index contributed by atoms with van der Waals surface area (Å²) < 4.78 is 12.6. The summed E-state index contributed by atoms with van der Waals surface area (Å²) in [7, 11) is 0. The average Bonchev–Trinajstić information content (AvgIpc) is 3.63. The third-order valence-electron chi connectivity index (χ3n) is 10.1. The Morgan fingerprint density at radius 2 is 1.80 bits per heavy atom. The van der Waals surface area contributed by atoms with Crippen molar-refractivity contribution in [1.82, 2.24) is 9.80 Å². The van der Waals surface area contributed by atoms with Crippen LogP contribution in [-0.4, -0.2) is 88.3 Å². The van der Waals surface area contributed by atoms with Crippen molar-refractivity contribution in [3.63, 3.8) is 0 Å². The van der Waals surface area contributed by atoms with Crippen LogP contribution in [0.3, 0.4) is 0 Å². The van der Waals surface area contributed by atoms with Crippen molar-refractivity contribution in [2.24, 2.45) is 11.8 Å². The molecule has 4 rings (SSSR count). The number of likely N-dealkylation sites (tertiary alicyclic amines) is 1. The summed E-state index contributed by atoms with van der Waals surface area (Å²) in [5.74, 6) is -1.65. The zero-order valence-electron chi connectivity index (χ0n) is 27.2. The fraction of sp³-hybridized carbons (Fsp3) is 0.629. The van der Waals surface area contributed by atoms with Crippen LogP contribution in [0.1, 0.15) is 73.1 Å². The van der Waals surface area contributed by atoms with Gasteiger partial charge in [-0.1, -0.05) is 39.3 Å². The van der Waals surface area contributed by atoms with Crippen molar-refractivity contribution in [3.8, 4) is 5.75 Å². The molecule has 0 aliphatic carbocycles. The number of aliphatic hydroxyl groups excluding tert-OH is 1. The van der Waals surface area contributed by atoms with Crippen LogP contribution in [0.4, 0.5) is 5.69 Å². The van der Waals surface area contributed by atoms with Gasteiger partial charge in [0.1, 0.15) is 17.4 Å². The van der Waals surface area contributed by atoms with E-state index in [9.17, 15) is 19.5 Å². The first-order valence-electron chi connectivity index (χ1n) is 16.3. The van der Waals surface area contributed by atoms with Crippen molar-refractivity contribution in [1.29, 1.82) is 0 Å². The van der Waals surface area contributed by atoms with Crippen LogP contribution < -0.4 is 9.64 Å². The molecule has 44 heavy (non-hydrogen) atoms. The summed E-state index contributed by atoms with van der Waals surface area (Å²) >= 11 is 0. The van der Waals surface area contributed by atoms with Crippen LogP contribution in [-0.2, 0) is 19.1 Å². The molecule has 3 amide bonds. The van der Waals surface area contributed by atoms with Gasteiger partial charge in [-0.25, -0.2) is 0 Å². The normalized spacial score (nSPS) is 28.4. The van der Waals surface area contributed by atoms with E-state index < -0.39 is 35.1 Å². The van der Waals surface area contributed by atoms with Crippen molar-refractivity contribution in [3.05, 3.63) is 49.6 Å². The third kappa shape index (κ3) is 5.47. The largest absolute Gasteiger partial charge is 0.494 e. The number of carbonyl (C=O) groups is 3. The molecule has 3 saturated heterocycles. The maximum Gasteiger partial charge on any atom is 0.248 e. The van der Waals surface area contributed by atoms with Gasteiger partial charge in [-0.3, -0.25) is 14.4 Å². The second kappa shape index (κ2) is 13.9. The summed E-state index contributed by atoms with van der Waals surface area (Å²) in [6, 6.07) is 5.73. The zero-order valence-corrected chi connectivity index (χ0v) is 27.2. The number of nitrogens with zero attached hydrogens (tertiary/aromatic N) is 3. The van der Waals surface area contributed by atoms with E-state index in [4.69, 9.17) is 9.47 Å². The Morgan fingerprint density at radius 3 is 2.34 bits per heavy atom. The van der Waals surface area contributed by atoms with E-state index in [0.717, 1.165) is 12.8 Å².